The molecule has 2 heterocycles. The Labute approximate surface area is 91.0 Å². The maximum absolute atomic E-state index is 10.6. The van der Waals surface area contributed by atoms with Crippen LogP contribution in [-0.4, -0.2) is 21.2 Å². The van der Waals surface area contributed by atoms with Gasteiger partial charge >= 0.3 is 0 Å². The van der Waals surface area contributed by atoms with Crippen molar-refractivity contribution in [2.75, 3.05) is 0 Å². The van der Waals surface area contributed by atoms with E-state index < -0.39 is 5.60 Å². The normalized spacial score (nSPS) is 41.1. The van der Waals surface area contributed by atoms with E-state index in [1.54, 1.807) is 0 Å². The zero-order valence-corrected chi connectivity index (χ0v) is 10.2. The molecule has 2 unspecified atom stereocenters. The summed E-state index contributed by atoms with van der Waals surface area (Å²) in [4.78, 5) is 0. The topological polar surface area (TPSA) is 20.2 Å². The third-order valence-corrected chi connectivity index (χ3v) is 5.35. The molecule has 0 aromatic heterocycles. The number of thioether (sulfide) groups is 1. The fourth-order valence-corrected chi connectivity index (χ4v) is 4.52. The van der Waals surface area contributed by atoms with Crippen molar-refractivity contribution in [3.63, 3.8) is 0 Å². The second kappa shape index (κ2) is 3.57. The van der Waals surface area contributed by atoms with E-state index in [9.17, 15) is 5.11 Å². The highest BCUT2D eigenvalue weighted by molar-refractivity contribution is 8.00. The molecule has 80 valence electrons. The van der Waals surface area contributed by atoms with Crippen LogP contribution in [0.3, 0.4) is 0 Å². The molecule has 0 saturated carbocycles. The number of aliphatic hydroxyl groups is 1. The summed E-state index contributed by atoms with van der Waals surface area (Å²) >= 11 is 2.10. The summed E-state index contributed by atoms with van der Waals surface area (Å²) in [5, 5.41) is 12.1. The van der Waals surface area contributed by atoms with Crippen LogP contribution in [0.25, 0.3) is 0 Å². The summed E-state index contributed by atoms with van der Waals surface area (Å²) in [5.41, 5.74) is 2.03. The Morgan fingerprint density at radius 1 is 1.14 bits per heavy atom. The second-order valence-corrected chi connectivity index (χ2v) is 6.63. The zero-order valence-electron chi connectivity index (χ0n) is 9.34. The molecule has 0 radical (unpaired) electrons. The number of rotatable bonds is 1. The van der Waals surface area contributed by atoms with E-state index in [0.717, 1.165) is 12.8 Å². The molecule has 2 fully saturated rings. The van der Waals surface area contributed by atoms with E-state index in [1.807, 2.05) is 0 Å². The van der Waals surface area contributed by atoms with Gasteiger partial charge in [-0.05, 0) is 52.0 Å². The fraction of sp³-hybridized carbons (Fsp3) is 0.833. The summed E-state index contributed by atoms with van der Waals surface area (Å²) < 4.78 is 0. The van der Waals surface area contributed by atoms with Gasteiger partial charge in [-0.3, -0.25) is 0 Å². The van der Waals surface area contributed by atoms with Crippen molar-refractivity contribution in [2.45, 2.75) is 62.6 Å². The number of fused-ring (bicyclic) bond motifs is 2. The summed E-state index contributed by atoms with van der Waals surface area (Å²) in [6.07, 6.45) is 4.58. The highest BCUT2D eigenvalue weighted by Crippen LogP contribution is 2.49. The van der Waals surface area contributed by atoms with Gasteiger partial charge in [0.1, 0.15) is 0 Å². The number of allylic oxidation sites excluding steroid dienone is 1. The zero-order chi connectivity index (χ0) is 10.3. The molecule has 2 atom stereocenters. The standard InChI is InChI=1S/C12H20OS/c1-8(2)9(3)12(13)6-10-4-5-11(7-12)14-10/h10-11,13H,4-7H2,1-3H3. The monoisotopic (exact) mass is 212 g/mol. The van der Waals surface area contributed by atoms with Crippen molar-refractivity contribution in [3.05, 3.63) is 11.1 Å². The minimum atomic E-state index is -0.476. The molecule has 2 saturated heterocycles. The lowest BCUT2D eigenvalue weighted by atomic mass is 9.84. The van der Waals surface area contributed by atoms with E-state index in [0.29, 0.717) is 10.5 Å². The van der Waals surface area contributed by atoms with Crippen LogP contribution in [0, 0.1) is 0 Å². The summed E-state index contributed by atoms with van der Waals surface area (Å²) in [6.45, 7) is 6.32. The molecule has 1 N–H and O–H groups in total. The Bertz CT molecular complexity index is 253. The van der Waals surface area contributed by atoms with Gasteiger partial charge in [0.05, 0.1) is 5.60 Å². The summed E-state index contributed by atoms with van der Waals surface area (Å²) in [7, 11) is 0. The molecular formula is C12H20OS. The predicted octanol–water partition coefficient (Wildman–Crippen LogP) is 3.13. The molecule has 0 spiro atoms. The van der Waals surface area contributed by atoms with E-state index in [4.69, 9.17) is 0 Å². The average molecular weight is 212 g/mol. The van der Waals surface area contributed by atoms with Crippen molar-refractivity contribution < 1.29 is 5.11 Å². The van der Waals surface area contributed by atoms with E-state index in [1.165, 1.54) is 24.0 Å². The Morgan fingerprint density at radius 2 is 1.64 bits per heavy atom. The molecule has 0 amide bonds. The van der Waals surface area contributed by atoms with Gasteiger partial charge in [-0.25, -0.2) is 0 Å². The first-order chi connectivity index (χ1) is 6.51. The summed E-state index contributed by atoms with van der Waals surface area (Å²) in [6, 6.07) is 0. The van der Waals surface area contributed by atoms with Crippen LogP contribution in [0.2, 0.25) is 0 Å². The first-order valence-corrected chi connectivity index (χ1v) is 6.48. The van der Waals surface area contributed by atoms with E-state index >= 15 is 0 Å². The third-order valence-electron chi connectivity index (χ3n) is 3.77. The lowest BCUT2D eigenvalue weighted by molar-refractivity contribution is 0.0601. The fourth-order valence-electron chi connectivity index (χ4n) is 2.69. The van der Waals surface area contributed by atoms with Crippen molar-refractivity contribution in [3.8, 4) is 0 Å². The van der Waals surface area contributed by atoms with Crippen LogP contribution in [0.5, 0.6) is 0 Å². The molecule has 0 aromatic carbocycles. The first kappa shape index (κ1) is 10.6. The lowest BCUT2D eigenvalue weighted by Gasteiger charge is -2.37. The third kappa shape index (κ3) is 1.74. The molecule has 0 aliphatic carbocycles. The molecule has 1 nitrogen and oxygen atoms in total. The van der Waals surface area contributed by atoms with Gasteiger partial charge in [0.25, 0.3) is 0 Å². The van der Waals surface area contributed by atoms with Crippen LogP contribution in [0.15, 0.2) is 11.1 Å². The van der Waals surface area contributed by atoms with E-state index in [2.05, 4.69) is 32.5 Å². The molecule has 2 heteroatoms. The quantitative estimate of drug-likeness (QED) is 0.674. The largest absolute Gasteiger partial charge is 0.385 e. The second-order valence-electron chi connectivity index (χ2n) is 5.02. The van der Waals surface area contributed by atoms with Crippen molar-refractivity contribution in [2.24, 2.45) is 0 Å². The van der Waals surface area contributed by atoms with Gasteiger partial charge in [0.15, 0.2) is 0 Å². The van der Waals surface area contributed by atoms with Gasteiger partial charge in [0, 0.05) is 10.5 Å². The number of hydrogen-bond donors (Lipinski definition) is 1. The Kier molecular flexibility index (Phi) is 2.69. The smallest absolute Gasteiger partial charge is 0.0877 e. The van der Waals surface area contributed by atoms with Gasteiger partial charge in [-0.2, -0.15) is 11.8 Å². The maximum atomic E-state index is 10.6. The van der Waals surface area contributed by atoms with Crippen LogP contribution >= 0.6 is 11.8 Å². The van der Waals surface area contributed by atoms with Gasteiger partial charge in [-0.1, -0.05) is 5.57 Å². The van der Waals surface area contributed by atoms with E-state index in [-0.39, 0.29) is 0 Å². The lowest BCUT2D eigenvalue weighted by Crippen LogP contribution is -2.38. The Hall–Kier alpha value is 0.0500. The predicted molar refractivity (Wildman–Crippen MR) is 62.6 cm³/mol. The minimum absolute atomic E-state index is 0.476. The highest BCUT2D eigenvalue weighted by atomic mass is 32.2. The molecule has 2 aliphatic rings. The number of hydrogen-bond acceptors (Lipinski definition) is 2. The van der Waals surface area contributed by atoms with Gasteiger partial charge in [-0.15, -0.1) is 0 Å². The summed E-state index contributed by atoms with van der Waals surface area (Å²) in [5.74, 6) is 0. The molecule has 2 aliphatic heterocycles. The van der Waals surface area contributed by atoms with Crippen LogP contribution < -0.4 is 0 Å². The molecule has 0 aromatic rings. The molecule has 2 rings (SSSR count). The van der Waals surface area contributed by atoms with Crippen LogP contribution in [0.1, 0.15) is 46.5 Å². The van der Waals surface area contributed by atoms with Crippen molar-refractivity contribution >= 4 is 11.8 Å². The maximum Gasteiger partial charge on any atom is 0.0877 e. The molecular weight excluding hydrogens is 192 g/mol. The molecule has 2 bridgehead atoms. The van der Waals surface area contributed by atoms with Crippen LogP contribution in [-0.2, 0) is 0 Å². The van der Waals surface area contributed by atoms with Crippen molar-refractivity contribution in [1.82, 2.24) is 0 Å². The minimum Gasteiger partial charge on any atom is -0.385 e. The average Bonchev–Trinajstić information content (AvgIpc) is 2.44. The van der Waals surface area contributed by atoms with Crippen molar-refractivity contribution in [1.29, 1.82) is 0 Å². The molecule has 14 heavy (non-hydrogen) atoms. The Morgan fingerprint density at radius 3 is 2.07 bits per heavy atom. The Balaban J connectivity index is 2.21. The van der Waals surface area contributed by atoms with Crippen LogP contribution in [0.4, 0.5) is 0 Å². The van der Waals surface area contributed by atoms with Gasteiger partial charge in [0.2, 0.25) is 0 Å². The first-order valence-electron chi connectivity index (χ1n) is 5.54. The highest BCUT2D eigenvalue weighted by Gasteiger charge is 2.44. The van der Waals surface area contributed by atoms with Gasteiger partial charge < -0.3 is 5.11 Å². The SMILES string of the molecule is CC(C)=C(C)C1(O)CC2CCC(C1)S2.